The third-order valence-electron chi connectivity index (χ3n) is 4.90. The van der Waals surface area contributed by atoms with Crippen molar-refractivity contribution < 1.29 is 27.5 Å². The standard InChI is InChI=1S/C22H24Cl2N4O6S/c1-35(31,32)28(19-4-2-3-18(23)22(19)24)14-20(29)26-25-13-16-5-7-17(8-6-16)34-15-21(30)27-9-11-33-12-10-27/h2-8,13H,9-12,14-15H2,1H3,(H,26,29)/b25-13-. The molecule has 0 atom stereocenters. The third kappa shape index (κ3) is 7.82. The Kier molecular flexibility index (Phi) is 9.33. The fraction of sp³-hybridized carbons (Fsp3) is 0.318. The monoisotopic (exact) mass is 542 g/mol. The van der Waals surface area contributed by atoms with E-state index in [9.17, 15) is 18.0 Å². The van der Waals surface area contributed by atoms with Crippen LogP contribution in [0.1, 0.15) is 5.56 Å². The van der Waals surface area contributed by atoms with Gasteiger partial charge in [-0.2, -0.15) is 5.10 Å². The number of benzene rings is 2. The number of amides is 2. The first-order valence-corrected chi connectivity index (χ1v) is 13.1. The van der Waals surface area contributed by atoms with Crippen LogP contribution in [0.5, 0.6) is 5.75 Å². The van der Waals surface area contributed by atoms with Crippen molar-refractivity contribution >= 4 is 56.9 Å². The largest absolute Gasteiger partial charge is 0.484 e. The molecular weight excluding hydrogens is 519 g/mol. The highest BCUT2D eigenvalue weighted by Gasteiger charge is 2.24. The number of anilines is 1. The fourth-order valence-electron chi connectivity index (χ4n) is 3.11. The van der Waals surface area contributed by atoms with Crippen LogP contribution in [0.2, 0.25) is 10.0 Å². The summed E-state index contributed by atoms with van der Waals surface area (Å²) in [4.78, 5) is 26.2. The highest BCUT2D eigenvalue weighted by atomic mass is 35.5. The summed E-state index contributed by atoms with van der Waals surface area (Å²) in [6, 6.07) is 11.2. The Morgan fingerprint density at radius 2 is 1.86 bits per heavy atom. The van der Waals surface area contributed by atoms with E-state index in [0.29, 0.717) is 37.6 Å². The first-order chi connectivity index (χ1) is 16.6. The molecule has 10 nitrogen and oxygen atoms in total. The van der Waals surface area contributed by atoms with Crippen LogP contribution in [0, 0.1) is 0 Å². The molecule has 1 saturated heterocycles. The highest BCUT2D eigenvalue weighted by Crippen LogP contribution is 2.33. The molecule has 188 valence electrons. The van der Waals surface area contributed by atoms with E-state index in [2.05, 4.69) is 10.5 Å². The lowest BCUT2D eigenvalue weighted by Gasteiger charge is -2.26. The van der Waals surface area contributed by atoms with Crippen molar-refractivity contribution in [2.45, 2.75) is 0 Å². The summed E-state index contributed by atoms with van der Waals surface area (Å²) in [6.07, 6.45) is 2.34. The SMILES string of the molecule is CS(=O)(=O)N(CC(=O)N/N=C\c1ccc(OCC(=O)N2CCOCC2)cc1)c1cccc(Cl)c1Cl. The maximum atomic E-state index is 12.3. The number of hydrogen-bond donors (Lipinski definition) is 1. The van der Waals surface area contributed by atoms with E-state index in [1.807, 2.05) is 0 Å². The first kappa shape index (κ1) is 26.7. The van der Waals surface area contributed by atoms with E-state index < -0.39 is 22.5 Å². The summed E-state index contributed by atoms with van der Waals surface area (Å²) in [5.74, 6) is -0.275. The van der Waals surface area contributed by atoms with E-state index in [0.717, 1.165) is 10.6 Å². The molecule has 2 aromatic rings. The Morgan fingerprint density at radius 1 is 1.17 bits per heavy atom. The van der Waals surface area contributed by atoms with E-state index in [4.69, 9.17) is 32.7 Å². The molecule has 35 heavy (non-hydrogen) atoms. The van der Waals surface area contributed by atoms with Gasteiger partial charge in [-0.15, -0.1) is 0 Å². The van der Waals surface area contributed by atoms with Crippen molar-refractivity contribution in [2.24, 2.45) is 5.10 Å². The van der Waals surface area contributed by atoms with Crippen LogP contribution in [-0.4, -0.2) is 77.1 Å². The van der Waals surface area contributed by atoms with E-state index in [-0.39, 0.29) is 28.2 Å². The summed E-state index contributed by atoms with van der Waals surface area (Å²) in [6.45, 7) is 1.54. The molecule has 1 heterocycles. The summed E-state index contributed by atoms with van der Waals surface area (Å²) in [5, 5.41) is 4.04. The van der Waals surface area contributed by atoms with Gasteiger partial charge in [-0.25, -0.2) is 13.8 Å². The van der Waals surface area contributed by atoms with Crippen molar-refractivity contribution in [3.05, 3.63) is 58.1 Å². The maximum absolute atomic E-state index is 12.3. The van der Waals surface area contributed by atoms with Crippen LogP contribution in [0.25, 0.3) is 0 Å². The van der Waals surface area contributed by atoms with Crippen molar-refractivity contribution in [1.82, 2.24) is 10.3 Å². The molecule has 0 saturated carbocycles. The van der Waals surface area contributed by atoms with Gasteiger partial charge in [-0.05, 0) is 42.0 Å². The lowest BCUT2D eigenvalue weighted by molar-refractivity contribution is -0.137. The lowest BCUT2D eigenvalue weighted by Crippen LogP contribution is -2.42. The van der Waals surface area contributed by atoms with Crippen LogP contribution >= 0.6 is 23.2 Å². The topological polar surface area (TPSA) is 118 Å². The molecular formula is C22H24Cl2N4O6S. The third-order valence-corrected chi connectivity index (χ3v) is 6.83. The van der Waals surface area contributed by atoms with Gasteiger partial charge in [0.15, 0.2) is 6.61 Å². The highest BCUT2D eigenvalue weighted by molar-refractivity contribution is 7.92. The number of nitrogens with zero attached hydrogens (tertiary/aromatic N) is 3. The normalized spacial score (nSPS) is 14.1. The predicted molar refractivity (Wildman–Crippen MR) is 134 cm³/mol. The van der Waals surface area contributed by atoms with E-state index >= 15 is 0 Å². The minimum absolute atomic E-state index is 0.0184. The van der Waals surface area contributed by atoms with Crippen molar-refractivity contribution in [2.75, 3.05) is 50.0 Å². The Balaban J connectivity index is 1.53. The maximum Gasteiger partial charge on any atom is 0.260 e. The summed E-state index contributed by atoms with van der Waals surface area (Å²) in [5.41, 5.74) is 3.02. The summed E-state index contributed by atoms with van der Waals surface area (Å²) < 4.78 is 36.0. The van der Waals surface area contributed by atoms with E-state index in [1.54, 1.807) is 29.2 Å². The minimum Gasteiger partial charge on any atom is -0.484 e. The van der Waals surface area contributed by atoms with Gasteiger partial charge in [0, 0.05) is 13.1 Å². The number of halogens is 2. The molecule has 2 amide bonds. The summed E-state index contributed by atoms with van der Waals surface area (Å²) in [7, 11) is -3.82. The average Bonchev–Trinajstić information content (AvgIpc) is 2.83. The molecule has 0 aromatic heterocycles. The van der Waals surface area contributed by atoms with Gasteiger partial charge in [0.2, 0.25) is 10.0 Å². The molecule has 1 aliphatic rings. The van der Waals surface area contributed by atoms with Gasteiger partial charge >= 0.3 is 0 Å². The molecule has 0 bridgehead atoms. The molecule has 1 aliphatic heterocycles. The number of nitrogens with one attached hydrogen (secondary N) is 1. The molecule has 0 radical (unpaired) electrons. The molecule has 0 aliphatic carbocycles. The van der Waals surface area contributed by atoms with E-state index in [1.165, 1.54) is 24.4 Å². The molecule has 1 fully saturated rings. The zero-order valence-electron chi connectivity index (χ0n) is 18.8. The Bertz CT molecular complexity index is 1180. The predicted octanol–water partition coefficient (Wildman–Crippen LogP) is 2.15. The second-order valence-electron chi connectivity index (χ2n) is 7.49. The zero-order chi connectivity index (χ0) is 25.4. The van der Waals surface area contributed by atoms with Crippen LogP contribution in [-0.2, 0) is 24.3 Å². The second-order valence-corrected chi connectivity index (χ2v) is 10.2. The number of morpholine rings is 1. The minimum atomic E-state index is -3.82. The van der Waals surface area contributed by atoms with Crippen molar-refractivity contribution in [1.29, 1.82) is 0 Å². The van der Waals surface area contributed by atoms with Crippen molar-refractivity contribution in [3.8, 4) is 5.75 Å². The van der Waals surface area contributed by atoms with Gasteiger partial charge in [0.05, 0.1) is 41.4 Å². The number of carbonyl (C=O) groups excluding carboxylic acids is 2. The number of ether oxygens (including phenoxy) is 2. The van der Waals surface area contributed by atoms with Gasteiger partial charge in [0.25, 0.3) is 11.8 Å². The molecule has 2 aromatic carbocycles. The number of hydrogen-bond acceptors (Lipinski definition) is 7. The van der Waals surface area contributed by atoms with Crippen LogP contribution in [0.4, 0.5) is 5.69 Å². The quantitative estimate of drug-likeness (QED) is 0.383. The molecule has 3 rings (SSSR count). The second kappa shape index (κ2) is 12.2. The number of sulfonamides is 1. The van der Waals surface area contributed by atoms with Crippen LogP contribution < -0.4 is 14.5 Å². The number of hydrazone groups is 1. The first-order valence-electron chi connectivity index (χ1n) is 10.5. The fourth-order valence-corrected chi connectivity index (χ4v) is 4.42. The number of rotatable bonds is 9. The Morgan fingerprint density at radius 3 is 2.51 bits per heavy atom. The molecule has 0 spiro atoms. The Hall–Kier alpha value is -2.86. The number of carbonyl (C=O) groups is 2. The molecule has 1 N–H and O–H groups in total. The Labute approximate surface area is 213 Å². The van der Waals surface area contributed by atoms with Gasteiger partial charge in [-0.3, -0.25) is 13.9 Å². The van der Waals surface area contributed by atoms with Crippen molar-refractivity contribution in [3.63, 3.8) is 0 Å². The molecule has 13 heteroatoms. The zero-order valence-corrected chi connectivity index (χ0v) is 21.1. The molecule has 0 unspecified atom stereocenters. The van der Waals surface area contributed by atoms with Gasteiger partial charge in [0.1, 0.15) is 12.3 Å². The smallest absolute Gasteiger partial charge is 0.260 e. The summed E-state index contributed by atoms with van der Waals surface area (Å²) >= 11 is 12.1. The van der Waals surface area contributed by atoms with Gasteiger partial charge in [-0.1, -0.05) is 29.3 Å². The van der Waals surface area contributed by atoms with Crippen LogP contribution in [0.15, 0.2) is 47.6 Å². The van der Waals surface area contributed by atoms with Crippen LogP contribution in [0.3, 0.4) is 0 Å². The average molecular weight is 543 g/mol. The van der Waals surface area contributed by atoms with Gasteiger partial charge < -0.3 is 14.4 Å². The lowest BCUT2D eigenvalue weighted by atomic mass is 10.2.